The van der Waals surface area contributed by atoms with Crippen LogP contribution in [-0.2, 0) is 0 Å². The first-order chi connectivity index (χ1) is 6.17. The number of hydrogen-bond acceptors (Lipinski definition) is 0. The Kier molecular flexibility index (Phi) is 2.72. The average Bonchev–Trinajstić information content (AvgIpc) is 2.27. The summed E-state index contributed by atoms with van der Waals surface area (Å²) in [5.74, 6) is 0. The van der Waals surface area contributed by atoms with E-state index in [0.29, 0.717) is 0 Å². The molecule has 0 aliphatic carbocycles. The van der Waals surface area contributed by atoms with Crippen LogP contribution in [0.1, 0.15) is 11.1 Å². The summed E-state index contributed by atoms with van der Waals surface area (Å²) in [6.07, 6.45) is 4.05. The van der Waals surface area contributed by atoms with Crippen LogP contribution in [0.25, 0.3) is 12.2 Å². The van der Waals surface area contributed by atoms with Gasteiger partial charge in [-0.3, -0.25) is 0 Å². The van der Waals surface area contributed by atoms with Gasteiger partial charge in [-0.1, -0.05) is 0 Å². The average molecular weight is 327 g/mol. The molecule has 0 fully saturated rings. The van der Waals surface area contributed by atoms with Crippen molar-refractivity contribution in [1.82, 2.24) is 0 Å². The van der Waals surface area contributed by atoms with Gasteiger partial charge in [0.1, 0.15) is 0 Å². The number of hydrogen-bond donors (Lipinski definition) is 0. The van der Waals surface area contributed by atoms with Crippen LogP contribution >= 0.6 is 17.9 Å². The van der Waals surface area contributed by atoms with Gasteiger partial charge in [-0.05, 0) is 0 Å². The van der Waals surface area contributed by atoms with Crippen LogP contribution < -0.4 is 0 Å². The Morgan fingerprint density at radius 2 is 1.31 bits per heavy atom. The molecule has 0 saturated heterocycles. The quantitative estimate of drug-likeness (QED) is 0.637. The second-order valence-electron chi connectivity index (χ2n) is 2.79. The topological polar surface area (TPSA) is 0 Å². The molecule has 1 heterocycles. The zero-order valence-electron chi connectivity index (χ0n) is 6.78. The molecule has 3 heteroatoms. The summed E-state index contributed by atoms with van der Waals surface area (Å²) in [7, 11) is 12.3. The van der Waals surface area contributed by atoms with Crippen molar-refractivity contribution in [2.45, 2.75) is 0 Å². The van der Waals surface area contributed by atoms with E-state index in [1.165, 1.54) is 11.1 Å². The molecular formula is C10H8Cl2Te. The fourth-order valence-corrected chi connectivity index (χ4v) is 4.70. The zero-order chi connectivity index (χ0) is 9.31. The first-order valence-electron chi connectivity index (χ1n) is 3.85. The predicted molar refractivity (Wildman–Crippen MR) is 62.0 cm³/mol. The second kappa shape index (κ2) is 3.67. The Morgan fingerprint density at radius 3 is 1.77 bits per heavy atom. The standard InChI is InChI=1S/C10H8Cl2Te/c11-13(12)7-5-9-3-1-2-4-10(9)6-8-13/h1-8H. The fourth-order valence-electron chi connectivity index (χ4n) is 1.19. The number of fused-ring (bicyclic) bond motifs is 1. The molecule has 0 aromatic heterocycles. The van der Waals surface area contributed by atoms with E-state index in [1.54, 1.807) is 0 Å². The van der Waals surface area contributed by atoms with E-state index in [9.17, 15) is 0 Å². The van der Waals surface area contributed by atoms with Crippen LogP contribution in [0.3, 0.4) is 0 Å². The summed E-state index contributed by atoms with van der Waals surface area (Å²) in [6.45, 7) is 0. The van der Waals surface area contributed by atoms with E-state index in [2.05, 4.69) is 12.1 Å². The van der Waals surface area contributed by atoms with Crippen LogP contribution in [0.2, 0.25) is 0 Å². The van der Waals surface area contributed by atoms with Crippen LogP contribution in [0.4, 0.5) is 0 Å². The first-order valence-corrected chi connectivity index (χ1v) is 12.4. The molecule has 1 aliphatic rings. The van der Waals surface area contributed by atoms with Gasteiger partial charge < -0.3 is 0 Å². The molecular weight excluding hydrogens is 319 g/mol. The fraction of sp³-hybridized carbons (Fsp3) is 0. The Bertz CT molecular complexity index is 345. The third-order valence-corrected chi connectivity index (χ3v) is 7.46. The Morgan fingerprint density at radius 1 is 0.846 bits per heavy atom. The van der Waals surface area contributed by atoms with Crippen molar-refractivity contribution in [2.75, 3.05) is 0 Å². The summed E-state index contributed by atoms with van der Waals surface area (Å²) in [5.41, 5.74) is 2.38. The molecule has 0 saturated carbocycles. The molecule has 0 spiro atoms. The summed E-state index contributed by atoms with van der Waals surface area (Å²) >= 11 is -2.76. The van der Waals surface area contributed by atoms with Gasteiger partial charge >= 0.3 is 89.7 Å². The molecule has 0 radical (unpaired) electrons. The molecule has 0 nitrogen and oxygen atoms in total. The van der Waals surface area contributed by atoms with Gasteiger partial charge in [0.25, 0.3) is 0 Å². The third kappa shape index (κ3) is 2.30. The van der Waals surface area contributed by atoms with Gasteiger partial charge in [0.05, 0.1) is 0 Å². The third-order valence-electron chi connectivity index (χ3n) is 1.85. The van der Waals surface area contributed by atoms with E-state index in [4.69, 9.17) is 17.9 Å². The Balaban J connectivity index is 2.53. The summed E-state index contributed by atoms with van der Waals surface area (Å²) in [6, 6.07) is 8.15. The Labute approximate surface area is 89.1 Å². The number of rotatable bonds is 0. The van der Waals surface area contributed by atoms with Crippen LogP contribution in [-0.4, -0.2) is 15.9 Å². The van der Waals surface area contributed by atoms with Gasteiger partial charge in [-0.15, -0.1) is 0 Å². The van der Waals surface area contributed by atoms with Crippen molar-refractivity contribution >= 4 is 46.0 Å². The monoisotopic (exact) mass is 328 g/mol. The molecule has 0 atom stereocenters. The second-order valence-corrected chi connectivity index (χ2v) is 15.4. The molecule has 2 rings (SSSR count). The van der Waals surface area contributed by atoms with Crippen LogP contribution in [0.5, 0.6) is 0 Å². The molecule has 0 unspecified atom stereocenters. The van der Waals surface area contributed by atoms with Gasteiger partial charge in [0.2, 0.25) is 0 Å². The normalized spacial score (nSPS) is 20.5. The van der Waals surface area contributed by atoms with Gasteiger partial charge in [-0.25, -0.2) is 0 Å². The number of halogens is 2. The number of benzene rings is 1. The minimum atomic E-state index is -2.76. The van der Waals surface area contributed by atoms with Crippen molar-refractivity contribution in [3.8, 4) is 0 Å². The predicted octanol–water partition coefficient (Wildman–Crippen LogP) is 3.72. The van der Waals surface area contributed by atoms with Crippen molar-refractivity contribution in [3.63, 3.8) is 0 Å². The first kappa shape index (κ1) is 9.62. The summed E-state index contributed by atoms with van der Waals surface area (Å²) < 4.78 is 3.93. The summed E-state index contributed by atoms with van der Waals surface area (Å²) in [5, 5.41) is 0. The van der Waals surface area contributed by atoms with Crippen molar-refractivity contribution in [1.29, 1.82) is 0 Å². The maximum absolute atomic E-state index is 6.15. The molecule has 0 bridgehead atoms. The van der Waals surface area contributed by atoms with Crippen molar-refractivity contribution in [3.05, 3.63) is 43.6 Å². The Hall–Kier alpha value is 0.0696. The van der Waals surface area contributed by atoms with E-state index in [0.717, 1.165) is 0 Å². The van der Waals surface area contributed by atoms with E-state index in [1.807, 2.05) is 32.5 Å². The molecule has 0 N–H and O–H groups in total. The zero-order valence-corrected chi connectivity index (χ0v) is 10.6. The van der Waals surface area contributed by atoms with E-state index < -0.39 is 15.9 Å². The molecule has 13 heavy (non-hydrogen) atoms. The molecule has 68 valence electrons. The maximum atomic E-state index is 6.15. The van der Waals surface area contributed by atoms with E-state index in [-0.39, 0.29) is 0 Å². The molecule has 1 aromatic rings. The van der Waals surface area contributed by atoms with Gasteiger partial charge in [-0.2, -0.15) is 0 Å². The van der Waals surface area contributed by atoms with Crippen molar-refractivity contribution < 1.29 is 0 Å². The molecule has 1 aromatic carbocycles. The SMILES string of the molecule is Cl[Te]1(Cl)C=Cc2ccccc2C=C1. The minimum absolute atomic E-state index is 1.19. The van der Waals surface area contributed by atoms with Crippen LogP contribution in [0.15, 0.2) is 32.5 Å². The molecule has 0 amide bonds. The summed E-state index contributed by atoms with van der Waals surface area (Å²) in [4.78, 5) is 0. The van der Waals surface area contributed by atoms with Crippen LogP contribution in [0, 0.1) is 0 Å². The van der Waals surface area contributed by atoms with Gasteiger partial charge in [0, 0.05) is 0 Å². The van der Waals surface area contributed by atoms with Crippen molar-refractivity contribution in [2.24, 2.45) is 0 Å². The van der Waals surface area contributed by atoms with Gasteiger partial charge in [0.15, 0.2) is 0 Å². The van der Waals surface area contributed by atoms with E-state index >= 15 is 0 Å². The molecule has 1 aliphatic heterocycles.